The minimum atomic E-state index is -4.21. The number of rotatable bonds is 3. The maximum atomic E-state index is 13.0. The molecule has 3 nitrogen and oxygen atoms in total. The Balaban J connectivity index is 0.00000144. The second-order valence-electron chi connectivity index (χ2n) is 5.55. The smallest absolute Gasteiger partial charge is 0.314 e. The van der Waals surface area contributed by atoms with Gasteiger partial charge in [-0.1, -0.05) is 24.3 Å². The van der Waals surface area contributed by atoms with Crippen LogP contribution in [-0.4, -0.2) is 42.2 Å². The third-order valence-electron chi connectivity index (χ3n) is 3.98. The van der Waals surface area contributed by atoms with Gasteiger partial charge in [-0.25, -0.2) is 0 Å². The molecule has 0 radical (unpaired) electrons. The summed E-state index contributed by atoms with van der Waals surface area (Å²) in [5.41, 5.74) is 1.24. The van der Waals surface area contributed by atoms with Gasteiger partial charge < -0.3 is 5.32 Å². The van der Waals surface area contributed by atoms with Crippen LogP contribution in [0.15, 0.2) is 36.4 Å². The monoisotopic (exact) mass is 381 g/mol. The van der Waals surface area contributed by atoms with Crippen LogP contribution in [0, 0.1) is 0 Å². The van der Waals surface area contributed by atoms with Crippen LogP contribution in [0.5, 0.6) is 0 Å². The Morgan fingerprint density at radius 3 is 2.38 bits per heavy atom. The molecule has 0 aliphatic carbocycles. The Morgan fingerprint density at radius 2 is 1.71 bits per heavy atom. The highest BCUT2D eigenvalue weighted by atomic mass is 35.5. The molecule has 0 saturated carbocycles. The fourth-order valence-corrected chi connectivity index (χ4v) is 2.90. The minimum Gasteiger partial charge on any atom is -0.314 e. The first-order chi connectivity index (χ1) is 10.5. The Hall–Kier alpha value is -1.08. The van der Waals surface area contributed by atoms with E-state index >= 15 is 0 Å². The van der Waals surface area contributed by atoms with Crippen LogP contribution < -0.4 is 5.32 Å². The summed E-state index contributed by atoms with van der Waals surface area (Å²) in [5, 5.41) is 4.11. The van der Waals surface area contributed by atoms with Gasteiger partial charge in [-0.3, -0.25) is 9.88 Å². The molecule has 3 rings (SSSR count). The van der Waals surface area contributed by atoms with Crippen molar-refractivity contribution in [3.63, 3.8) is 0 Å². The van der Waals surface area contributed by atoms with E-state index in [1.54, 1.807) is 6.07 Å². The summed E-state index contributed by atoms with van der Waals surface area (Å²) in [5.74, 6) is 0. The number of hydrogen-bond donors (Lipinski definition) is 1. The van der Waals surface area contributed by atoms with Crippen molar-refractivity contribution in [1.82, 2.24) is 15.2 Å². The maximum absolute atomic E-state index is 13.0. The molecule has 1 aromatic heterocycles. The van der Waals surface area contributed by atoms with Gasteiger partial charge in [0.25, 0.3) is 0 Å². The molecule has 24 heavy (non-hydrogen) atoms. The second-order valence-corrected chi connectivity index (χ2v) is 5.55. The Labute approximate surface area is 151 Å². The van der Waals surface area contributed by atoms with E-state index in [0.29, 0.717) is 31.9 Å². The lowest BCUT2D eigenvalue weighted by atomic mass is 10.0. The van der Waals surface area contributed by atoms with Gasteiger partial charge in [0.15, 0.2) is 0 Å². The van der Waals surface area contributed by atoms with Crippen LogP contribution >= 0.6 is 24.8 Å². The first-order valence-corrected chi connectivity index (χ1v) is 7.40. The van der Waals surface area contributed by atoms with Crippen molar-refractivity contribution in [3.05, 3.63) is 42.1 Å². The first kappa shape index (κ1) is 21.0. The third-order valence-corrected chi connectivity index (χ3v) is 3.98. The summed E-state index contributed by atoms with van der Waals surface area (Å²) in [6.07, 6.45) is -5.07. The molecular weight excluding hydrogens is 362 g/mol. The van der Waals surface area contributed by atoms with E-state index in [4.69, 9.17) is 0 Å². The fourth-order valence-electron chi connectivity index (χ4n) is 2.90. The van der Waals surface area contributed by atoms with Crippen LogP contribution in [0.25, 0.3) is 10.9 Å². The number of para-hydroxylation sites is 1. The fraction of sp³-hybridized carbons (Fsp3) is 0.438. The average molecular weight is 382 g/mol. The molecule has 0 unspecified atom stereocenters. The van der Waals surface area contributed by atoms with Gasteiger partial charge in [-0.2, -0.15) is 13.2 Å². The van der Waals surface area contributed by atoms with Crippen LogP contribution in [0.4, 0.5) is 13.2 Å². The molecule has 8 heteroatoms. The summed E-state index contributed by atoms with van der Waals surface area (Å²) < 4.78 is 39.0. The molecule has 1 aliphatic rings. The van der Waals surface area contributed by atoms with Gasteiger partial charge in [-0.15, -0.1) is 24.8 Å². The molecule has 0 amide bonds. The third kappa shape index (κ3) is 5.21. The number of alkyl halides is 3. The molecule has 2 heterocycles. The zero-order chi connectivity index (χ0) is 15.6. The number of hydrogen-bond acceptors (Lipinski definition) is 3. The number of fused-ring (bicyclic) bond motifs is 1. The highest BCUT2D eigenvalue weighted by Crippen LogP contribution is 2.33. The molecule has 1 aliphatic heterocycles. The van der Waals surface area contributed by atoms with E-state index in [1.807, 2.05) is 35.2 Å². The standard InChI is InChI=1S/C16H18F3N3.2ClH/c17-16(18,19)11-15(22-9-7-20-8-10-22)14-6-5-12-3-1-2-4-13(12)21-14;;/h1-6,15,20H,7-11H2;2*1H/t15-;;/m1../s1. The second kappa shape index (κ2) is 8.85. The Bertz CT molecular complexity index is 646. The predicted molar refractivity (Wildman–Crippen MR) is 94.1 cm³/mol. The maximum Gasteiger partial charge on any atom is 0.391 e. The van der Waals surface area contributed by atoms with E-state index in [1.165, 1.54) is 0 Å². The van der Waals surface area contributed by atoms with Gasteiger partial charge >= 0.3 is 6.18 Å². The van der Waals surface area contributed by atoms with Crippen molar-refractivity contribution in [2.24, 2.45) is 0 Å². The zero-order valence-corrected chi connectivity index (χ0v) is 14.6. The number of piperazine rings is 1. The average Bonchev–Trinajstić information content (AvgIpc) is 2.52. The summed E-state index contributed by atoms with van der Waals surface area (Å²) in [4.78, 5) is 6.35. The minimum absolute atomic E-state index is 0. The predicted octanol–water partition coefficient (Wildman–Crippen LogP) is 3.98. The van der Waals surface area contributed by atoms with Crippen LogP contribution in [0.1, 0.15) is 18.2 Å². The van der Waals surface area contributed by atoms with Crippen molar-refractivity contribution < 1.29 is 13.2 Å². The van der Waals surface area contributed by atoms with Gasteiger partial charge in [0.05, 0.1) is 23.7 Å². The van der Waals surface area contributed by atoms with Gasteiger partial charge in [0.1, 0.15) is 0 Å². The number of nitrogens with zero attached hydrogens (tertiary/aromatic N) is 2. The van der Waals surface area contributed by atoms with Crippen LogP contribution in [0.3, 0.4) is 0 Å². The Morgan fingerprint density at radius 1 is 1.04 bits per heavy atom. The highest BCUT2D eigenvalue weighted by molar-refractivity contribution is 5.85. The number of pyridine rings is 1. The van der Waals surface area contributed by atoms with E-state index in [2.05, 4.69) is 10.3 Å². The lowest BCUT2D eigenvalue weighted by molar-refractivity contribution is -0.149. The molecule has 1 aromatic carbocycles. The molecule has 134 valence electrons. The van der Waals surface area contributed by atoms with Crippen LogP contribution in [-0.2, 0) is 0 Å². The number of halogens is 5. The van der Waals surface area contributed by atoms with Crippen molar-refractivity contribution >= 4 is 35.7 Å². The molecule has 0 spiro atoms. The highest BCUT2D eigenvalue weighted by Gasteiger charge is 2.36. The normalized spacial score (nSPS) is 17.0. The van der Waals surface area contributed by atoms with Gasteiger partial charge in [0.2, 0.25) is 0 Å². The number of nitrogens with one attached hydrogen (secondary N) is 1. The van der Waals surface area contributed by atoms with Crippen molar-refractivity contribution in [3.8, 4) is 0 Å². The van der Waals surface area contributed by atoms with E-state index < -0.39 is 18.6 Å². The first-order valence-electron chi connectivity index (χ1n) is 7.40. The molecule has 2 aromatic rings. The van der Waals surface area contributed by atoms with E-state index in [0.717, 1.165) is 10.9 Å². The largest absolute Gasteiger partial charge is 0.391 e. The topological polar surface area (TPSA) is 28.2 Å². The molecule has 0 bridgehead atoms. The lowest BCUT2D eigenvalue weighted by Crippen LogP contribution is -2.46. The summed E-state index contributed by atoms with van der Waals surface area (Å²) in [7, 11) is 0. The van der Waals surface area contributed by atoms with E-state index in [9.17, 15) is 13.2 Å². The van der Waals surface area contributed by atoms with E-state index in [-0.39, 0.29) is 24.8 Å². The molecule has 1 N–H and O–H groups in total. The summed E-state index contributed by atoms with van der Waals surface area (Å²) >= 11 is 0. The van der Waals surface area contributed by atoms with Crippen LogP contribution in [0.2, 0.25) is 0 Å². The van der Waals surface area contributed by atoms with Crippen molar-refractivity contribution in [2.45, 2.75) is 18.6 Å². The zero-order valence-electron chi connectivity index (χ0n) is 12.9. The quantitative estimate of drug-likeness (QED) is 0.871. The SMILES string of the molecule is Cl.Cl.FC(F)(F)C[C@H](c1ccc2ccccc2n1)N1CCNCC1. The molecular formula is C16H20Cl2F3N3. The molecule has 1 fully saturated rings. The summed E-state index contributed by atoms with van der Waals surface area (Å²) in [6, 6.07) is 10.4. The van der Waals surface area contributed by atoms with Crippen molar-refractivity contribution in [1.29, 1.82) is 0 Å². The molecule has 1 saturated heterocycles. The Kier molecular flexibility index (Phi) is 7.73. The van der Waals surface area contributed by atoms with Gasteiger partial charge in [-0.05, 0) is 12.1 Å². The summed E-state index contributed by atoms with van der Waals surface area (Å²) in [6.45, 7) is 2.63. The molecule has 1 atom stereocenters. The number of benzene rings is 1. The lowest BCUT2D eigenvalue weighted by Gasteiger charge is -2.35. The van der Waals surface area contributed by atoms with Crippen molar-refractivity contribution in [2.75, 3.05) is 26.2 Å². The van der Waals surface area contributed by atoms with Gasteiger partial charge in [0, 0.05) is 31.6 Å². The number of aromatic nitrogens is 1.